The summed E-state index contributed by atoms with van der Waals surface area (Å²) in [6.45, 7) is 0.779. The van der Waals surface area contributed by atoms with E-state index in [0.717, 1.165) is 37.4 Å². The van der Waals surface area contributed by atoms with Crippen LogP contribution in [-0.2, 0) is 24.0 Å². The fraction of sp³-hybridized carbons (Fsp3) is 0.786. The summed E-state index contributed by atoms with van der Waals surface area (Å²) in [6, 6.07) is 0. The molecule has 0 saturated carbocycles. The molecule has 0 spiro atoms. The summed E-state index contributed by atoms with van der Waals surface area (Å²) < 4.78 is 43.9. The van der Waals surface area contributed by atoms with E-state index in [9.17, 15) is 13.2 Å². The third kappa shape index (κ3) is 3.00. The number of halogens is 3. The van der Waals surface area contributed by atoms with E-state index < -0.39 is 12.1 Å². The molecule has 1 saturated heterocycles. The molecule has 3 rings (SSSR count). The maximum Gasteiger partial charge on any atom is 0.392 e. The largest absolute Gasteiger partial charge is 0.392 e. The number of aryl methyl sites for hydroxylation is 1. The molecule has 0 radical (unpaired) electrons. The highest BCUT2D eigenvalue weighted by molar-refractivity contribution is 5.19. The molecule has 1 fully saturated rings. The first-order valence-corrected chi connectivity index (χ1v) is 7.27. The summed E-state index contributed by atoms with van der Waals surface area (Å²) in [7, 11) is 0. The quantitative estimate of drug-likeness (QED) is 0.907. The summed E-state index contributed by atoms with van der Waals surface area (Å²) >= 11 is 0. The zero-order valence-electron chi connectivity index (χ0n) is 11.3. The van der Waals surface area contributed by atoms with Crippen LogP contribution in [0.25, 0.3) is 0 Å². The molecule has 6 heteroatoms. The van der Waals surface area contributed by atoms with Gasteiger partial charge in [-0.3, -0.25) is 0 Å². The Labute approximate surface area is 115 Å². The van der Waals surface area contributed by atoms with Crippen LogP contribution in [0.5, 0.6) is 0 Å². The minimum Gasteiger partial charge on any atom is -0.378 e. The third-order valence-corrected chi connectivity index (χ3v) is 4.25. The Balaban J connectivity index is 1.67. The van der Waals surface area contributed by atoms with Gasteiger partial charge in [0.15, 0.2) is 0 Å². The van der Waals surface area contributed by atoms with Crippen molar-refractivity contribution in [1.82, 2.24) is 9.97 Å². The molecule has 2 aliphatic rings. The first-order chi connectivity index (χ1) is 9.52. The summed E-state index contributed by atoms with van der Waals surface area (Å²) in [6.07, 6.45) is 0.615. The van der Waals surface area contributed by atoms with E-state index in [-0.39, 0.29) is 18.9 Å². The molecule has 2 unspecified atom stereocenters. The van der Waals surface area contributed by atoms with Gasteiger partial charge in [0, 0.05) is 25.1 Å². The lowest BCUT2D eigenvalue weighted by Crippen LogP contribution is -2.28. The molecule has 1 aliphatic heterocycles. The van der Waals surface area contributed by atoms with E-state index in [1.165, 1.54) is 0 Å². The van der Waals surface area contributed by atoms with Gasteiger partial charge < -0.3 is 9.72 Å². The van der Waals surface area contributed by atoms with Crippen LogP contribution < -0.4 is 0 Å². The summed E-state index contributed by atoms with van der Waals surface area (Å²) in [5.74, 6) is -0.445. The number of hydrogen-bond acceptors (Lipinski definition) is 2. The van der Waals surface area contributed by atoms with Crippen molar-refractivity contribution in [2.24, 2.45) is 5.92 Å². The van der Waals surface area contributed by atoms with Crippen LogP contribution in [0, 0.1) is 5.92 Å². The average Bonchev–Trinajstić information content (AvgIpc) is 2.80. The second-order valence-corrected chi connectivity index (χ2v) is 5.78. The zero-order valence-corrected chi connectivity index (χ0v) is 11.3. The lowest BCUT2D eigenvalue weighted by molar-refractivity contribution is -0.177. The fourth-order valence-electron chi connectivity index (χ4n) is 3.10. The summed E-state index contributed by atoms with van der Waals surface area (Å²) in [5.41, 5.74) is 1.49. The molecule has 3 nitrogen and oxygen atoms in total. The Morgan fingerprint density at radius 2 is 2.10 bits per heavy atom. The van der Waals surface area contributed by atoms with Crippen LogP contribution in [0.2, 0.25) is 0 Å². The molecule has 20 heavy (non-hydrogen) atoms. The topological polar surface area (TPSA) is 37.9 Å². The van der Waals surface area contributed by atoms with Crippen molar-refractivity contribution < 1.29 is 17.9 Å². The number of nitrogens with zero attached hydrogens (tertiary/aromatic N) is 1. The van der Waals surface area contributed by atoms with Crippen molar-refractivity contribution in [1.29, 1.82) is 0 Å². The highest BCUT2D eigenvalue weighted by Gasteiger charge is 2.42. The number of ether oxygens (including phenoxy) is 1. The highest BCUT2D eigenvalue weighted by atomic mass is 19.4. The third-order valence-electron chi connectivity index (χ3n) is 4.25. The number of hydrogen-bond donors (Lipinski definition) is 1. The minimum atomic E-state index is -4.10. The Morgan fingerprint density at radius 1 is 1.25 bits per heavy atom. The van der Waals surface area contributed by atoms with Crippen molar-refractivity contribution in [2.45, 2.75) is 57.2 Å². The van der Waals surface area contributed by atoms with Gasteiger partial charge in [0.25, 0.3) is 0 Å². The second kappa shape index (κ2) is 5.39. The zero-order chi connectivity index (χ0) is 14.2. The van der Waals surface area contributed by atoms with Crippen LogP contribution in [0.15, 0.2) is 0 Å². The molecule has 2 heterocycles. The van der Waals surface area contributed by atoms with E-state index in [1.807, 2.05) is 0 Å². The number of rotatable bonds is 2. The number of aromatic amines is 1. The lowest BCUT2D eigenvalue weighted by Gasteiger charge is -2.23. The standard InChI is InChI=1S/C14H19F3N2O/c15-14(16,17)9-4-5-11-12(7-9)19-13(18-11)8-10-3-1-2-6-20-10/h9-10H,1-8H2,(H,18,19). The number of nitrogens with one attached hydrogen (secondary N) is 1. The molecule has 1 N–H and O–H groups in total. The van der Waals surface area contributed by atoms with E-state index in [4.69, 9.17) is 4.74 Å². The fourth-order valence-corrected chi connectivity index (χ4v) is 3.10. The summed E-state index contributed by atoms with van der Waals surface area (Å²) in [4.78, 5) is 7.55. The smallest absolute Gasteiger partial charge is 0.378 e. The number of H-pyrrole nitrogens is 1. The Kier molecular flexibility index (Phi) is 3.75. The van der Waals surface area contributed by atoms with Crippen molar-refractivity contribution in [3.63, 3.8) is 0 Å². The van der Waals surface area contributed by atoms with Gasteiger partial charge in [-0.05, 0) is 32.1 Å². The number of aromatic nitrogens is 2. The van der Waals surface area contributed by atoms with Crippen LogP contribution in [0.3, 0.4) is 0 Å². The molecule has 0 amide bonds. The van der Waals surface area contributed by atoms with Gasteiger partial charge in [-0.15, -0.1) is 0 Å². The van der Waals surface area contributed by atoms with Gasteiger partial charge in [0.05, 0.1) is 17.7 Å². The first kappa shape index (κ1) is 13.9. The van der Waals surface area contributed by atoms with Gasteiger partial charge in [-0.25, -0.2) is 4.98 Å². The number of alkyl halides is 3. The highest BCUT2D eigenvalue weighted by Crippen LogP contribution is 2.36. The average molecular weight is 288 g/mol. The maximum atomic E-state index is 12.8. The van der Waals surface area contributed by atoms with Gasteiger partial charge >= 0.3 is 6.18 Å². The van der Waals surface area contributed by atoms with Crippen LogP contribution >= 0.6 is 0 Å². The molecule has 112 valence electrons. The van der Waals surface area contributed by atoms with E-state index in [1.54, 1.807) is 0 Å². The van der Waals surface area contributed by atoms with Crippen molar-refractivity contribution in [3.05, 3.63) is 17.2 Å². The molecule has 0 aromatic carbocycles. The van der Waals surface area contributed by atoms with E-state index in [0.29, 0.717) is 18.5 Å². The maximum absolute atomic E-state index is 12.8. The van der Waals surface area contributed by atoms with E-state index in [2.05, 4.69) is 9.97 Å². The van der Waals surface area contributed by atoms with Gasteiger partial charge in [0.2, 0.25) is 0 Å². The van der Waals surface area contributed by atoms with Gasteiger partial charge in [0.1, 0.15) is 5.82 Å². The molecular weight excluding hydrogens is 269 g/mol. The normalized spacial score (nSPS) is 27.4. The van der Waals surface area contributed by atoms with E-state index >= 15 is 0 Å². The first-order valence-electron chi connectivity index (χ1n) is 7.27. The predicted molar refractivity (Wildman–Crippen MR) is 67.5 cm³/mol. The molecule has 1 aromatic rings. The van der Waals surface area contributed by atoms with Gasteiger partial charge in [-0.1, -0.05) is 0 Å². The Hall–Kier alpha value is -1.04. The molecule has 1 aromatic heterocycles. The van der Waals surface area contributed by atoms with Crippen LogP contribution in [0.4, 0.5) is 13.2 Å². The summed E-state index contributed by atoms with van der Waals surface area (Å²) in [5, 5.41) is 0. The molecule has 0 bridgehead atoms. The number of imidazole rings is 1. The van der Waals surface area contributed by atoms with Crippen molar-refractivity contribution in [3.8, 4) is 0 Å². The minimum absolute atomic E-state index is 0.0390. The SMILES string of the molecule is FC(F)(F)C1CCc2nc(CC3CCCCO3)[nH]c2C1. The van der Waals surface area contributed by atoms with Crippen LogP contribution in [0.1, 0.15) is 42.9 Å². The monoisotopic (exact) mass is 288 g/mol. The number of fused-ring (bicyclic) bond motifs is 1. The Morgan fingerprint density at radius 3 is 2.80 bits per heavy atom. The lowest BCUT2D eigenvalue weighted by atomic mass is 9.89. The van der Waals surface area contributed by atoms with Gasteiger partial charge in [-0.2, -0.15) is 13.2 Å². The Bertz CT molecular complexity index is 463. The van der Waals surface area contributed by atoms with Crippen molar-refractivity contribution in [2.75, 3.05) is 6.61 Å². The molecule has 2 atom stereocenters. The second-order valence-electron chi connectivity index (χ2n) is 5.78. The molecule has 1 aliphatic carbocycles. The van der Waals surface area contributed by atoms with Crippen molar-refractivity contribution >= 4 is 0 Å². The van der Waals surface area contributed by atoms with Crippen LogP contribution in [-0.4, -0.2) is 28.9 Å². The predicted octanol–water partition coefficient (Wildman–Crippen LogP) is 3.19. The molecular formula is C14H19F3N2O.